The van der Waals surface area contributed by atoms with Gasteiger partial charge in [0.25, 0.3) is 18.6 Å². The van der Waals surface area contributed by atoms with E-state index in [0.717, 1.165) is 37.8 Å². The highest BCUT2D eigenvalue weighted by atomic mass is 16.5. The molecule has 0 bridgehead atoms. The van der Waals surface area contributed by atoms with Crippen molar-refractivity contribution in [1.29, 1.82) is 0 Å². The lowest BCUT2D eigenvalue weighted by Crippen LogP contribution is -2.48. The number of H-pyrrole nitrogens is 1. The molecule has 1 atom stereocenters. The predicted molar refractivity (Wildman–Crippen MR) is 92.8 cm³/mol. The molecule has 7 heteroatoms. The van der Waals surface area contributed by atoms with E-state index >= 15 is 0 Å². The van der Waals surface area contributed by atoms with Gasteiger partial charge in [0.2, 0.25) is 0 Å². The summed E-state index contributed by atoms with van der Waals surface area (Å²) < 4.78 is 5.99. The highest BCUT2D eigenvalue weighted by molar-refractivity contribution is 5.74. The molecule has 2 saturated heterocycles. The van der Waals surface area contributed by atoms with Crippen LogP contribution in [0.4, 0.5) is 0 Å². The van der Waals surface area contributed by atoms with E-state index in [-0.39, 0.29) is 12.5 Å². The number of aromatic amines is 1. The smallest absolute Gasteiger partial charge is 0.337 e. The molecule has 25 heavy (non-hydrogen) atoms. The van der Waals surface area contributed by atoms with Crippen molar-refractivity contribution < 1.29 is 14.0 Å². The first kappa shape index (κ1) is 18.2. The first-order valence-corrected chi connectivity index (χ1v) is 9.38. The number of hydrogen-bond donors (Lipinski definition) is 1. The number of hydrogen-bond acceptors (Lipinski definition) is 4. The van der Waals surface area contributed by atoms with Crippen LogP contribution in [0.1, 0.15) is 40.0 Å². The Morgan fingerprint density at radius 1 is 1.24 bits per heavy atom. The second kappa shape index (κ2) is 7.32. The molecule has 0 aliphatic carbocycles. The van der Waals surface area contributed by atoms with E-state index in [1.165, 1.54) is 36.9 Å². The van der Waals surface area contributed by atoms with Crippen LogP contribution in [-0.4, -0.2) is 53.7 Å². The lowest BCUT2D eigenvalue weighted by atomic mass is 9.83. The van der Waals surface area contributed by atoms with Gasteiger partial charge in [-0.05, 0) is 48.3 Å². The molecule has 1 aromatic rings. The van der Waals surface area contributed by atoms with Crippen molar-refractivity contribution in [1.82, 2.24) is 15.1 Å². The maximum absolute atomic E-state index is 12.3. The van der Waals surface area contributed by atoms with Crippen LogP contribution in [0, 0.1) is 17.3 Å². The van der Waals surface area contributed by atoms with Gasteiger partial charge < -0.3 is 9.80 Å². The Morgan fingerprint density at radius 2 is 1.92 bits per heavy atom. The molecule has 2 aliphatic heterocycles. The van der Waals surface area contributed by atoms with Crippen LogP contribution >= 0.6 is 0 Å². The Balaban J connectivity index is 1.44. The second-order valence-corrected chi connectivity index (χ2v) is 8.83. The van der Waals surface area contributed by atoms with Gasteiger partial charge in [0.15, 0.2) is 0 Å². The molecule has 0 radical (unpaired) electrons. The standard InChI is InChI=1S/C18H30N4O3/c1-18(2,3)13-20-7-4-15(10-20)14-5-8-21(9-6-14)16(23)11-22-12-17(24)25-19-22/h12,14-15H,4-11,13H2,1-3H3/p+1. The van der Waals surface area contributed by atoms with E-state index in [1.807, 2.05) is 4.90 Å². The minimum Gasteiger partial charge on any atom is -0.337 e. The van der Waals surface area contributed by atoms with Gasteiger partial charge in [0.05, 0.1) is 0 Å². The third-order valence-corrected chi connectivity index (χ3v) is 5.40. The summed E-state index contributed by atoms with van der Waals surface area (Å²) in [6.45, 7) is 12.3. The summed E-state index contributed by atoms with van der Waals surface area (Å²) in [6, 6.07) is 0. The van der Waals surface area contributed by atoms with Gasteiger partial charge in [-0.3, -0.25) is 9.32 Å². The van der Waals surface area contributed by atoms with E-state index in [9.17, 15) is 9.59 Å². The molecule has 0 aromatic carbocycles. The predicted octanol–water partition coefficient (Wildman–Crippen LogP) is 0.862. The third kappa shape index (κ3) is 4.93. The first-order valence-electron chi connectivity index (χ1n) is 9.38. The number of nitrogens with one attached hydrogen (secondary N) is 1. The van der Waals surface area contributed by atoms with Gasteiger partial charge in [-0.25, -0.2) is 4.79 Å². The SMILES string of the molecule is CC(C)(C)CN1CCC(C2CCN(C(=O)C[n+]3cc(=O)o[nH]3)CC2)C1. The Hall–Kier alpha value is -1.63. The Kier molecular flexibility index (Phi) is 5.32. The zero-order chi connectivity index (χ0) is 18.0. The van der Waals surface area contributed by atoms with Crippen LogP contribution in [0.5, 0.6) is 0 Å². The molecule has 2 fully saturated rings. The lowest BCUT2D eigenvalue weighted by molar-refractivity contribution is -0.751. The van der Waals surface area contributed by atoms with Crippen LogP contribution < -0.4 is 10.3 Å². The van der Waals surface area contributed by atoms with Crippen molar-refractivity contribution >= 4 is 5.91 Å². The molecule has 3 heterocycles. The zero-order valence-corrected chi connectivity index (χ0v) is 15.7. The topological polar surface area (TPSA) is 73.4 Å². The normalized spacial score (nSPS) is 23.3. The average Bonchev–Trinajstić information content (AvgIpc) is 3.15. The molecule has 2 aliphatic rings. The largest absolute Gasteiger partial charge is 0.426 e. The summed E-state index contributed by atoms with van der Waals surface area (Å²) in [5.41, 5.74) is -0.108. The molecule has 1 unspecified atom stereocenters. The van der Waals surface area contributed by atoms with Crippen molar-refractivity contribution in [2.75, 3.05) is 32.7 Å². The first-order chi connectivity index (χ1) is 11.8. The number of aromatic nitrogens is 2. The quantitative estimate of drug-likeness (QED) is 0.817. The number of likely N-dealkylation sites (tertiary alicyclic amines) is 2. The minimum atomic E-state index is -0.465. The molecule has 7 nitrogen and oxygen atoms in total. The molecule has 1 amide bonds. The van der Waals surface area contributed by atoms with Gasteiger partial charge in [-0.2, -0.15) is 0 Å². The van der Waals surface area contributed by atoms with Gasteiger partial charge in [0.1, 0.15) is 0 Å². The molecule has 0 saturated carbocycles. The van der Waals surface area contributed by atoms with E-state index in [2.05, 4.69) is 35.5 Å². The Bertz CT molecular complexity index is 637. The number of carbonyl (C=O) groups excluding carboxylic acids is 1. The average molecular weight is 351 g/mol. The van der Waals surface area contributed by atoms with Crippen molar-refractivity contribution in [3.05, 3.63) is 16.6 Å². The Labute approximate surface area is 148 Å². The highest BCUT2D eigenvalue weighted by Gasteiger charge is 2.34. The minimum absolute atomic E-state index is 0.0429. The Morgan fingerprint density at radius 3 is 2.52 bits per heavy atom. The molecule has 140 valence electrons. The van der Waals surface area contributed by atoms with E-state index in [1.54, 1.807) is 0 Å². The van der Waals surface area contributed by atoms with E-state index < -0.39 is 5.63 Å². The maximum atomic E-state index is 12.3. The number of piperidine rings is 1. The van der Waals surface area contributed by atoms with Crippen molar-refractivity contribution in [2.45, 2.75) is 46.6 Å². The second-order valence-electron chi connectivity index (χ2n) is 8.83. The zero-order valence-electron chi connectivity index (χ0n) is 15.7. The fraction of sp³-hybridized carbons (Fsp3) is 0.833. The summed E-state index contributed by atoms with van der Waals surface area (Å²) in [7, 11) is 0. The van der Waals surface area contributed by atoms with Gasteiger partial charge in [-0.1, -0.05) is 25.5 Å². The number of nitrogens with zero attached hydrogens (tertiary/aromatic N) is 3. The van der Waals surface area contributed by atoms with Crippen LogP contribution in [-0.2, 0) is 11.3 Å². The number of carbonyl (C=O) groups is 1. The van der Waals surface area contributed by atoms with Crippen molar-refractivity contribution in [3.8, 4) is 0 Å². The monoisotopic (exact) mass is 351 g/mol. The highest BCUT2D eigenvalue weighted by Crippen LogP contribution is 2.33. The lowest BCUT2D eigenvalue weighted by Gasteiger charge is -2.34. The summed E-state index contributed by atoms with van der Waals surface area (Å²) >= 11 is 0. The summed E-state index contributed by atoms with van der Waals surface area (Å²) in [5.74, 6) is 1.55. The van der Waals surface area contributed by atoms with Crippen LogP contribution in [0.3, 0.4) is 0 Å². The van der Waals surface area contributed by atoms with Crippen molar-refractivity contribution in [2.24, 2.45) is 17.3 Å². The van der Waals surface area contributed by atoms with Gasteiger partial charge in [0, 0.05) is 26.2 Å². The fourth-order valence-electron chi connectivity index (χ4n) is 4.29. The summed E-state index contributed by atoms with van der Waals surface area (Å²) in [6.07, 6.45) is 4.74. The number of rotatable bonds is 4. The van der Waals surface area contributed by atoms with Crippen molar-refractivity contribution in [3.63, 3.8) is 0 Å². The molecule has 3 rings (SSSR count). The molecule has 0 spiro atoms. The van der Waals surface area contributed by atoms with Crippen LogP contribution in [0.15, 0.2) is 15.5 Å². The molecule has 1 aromatic heterocycles. The van der Waals surface area contributed by atoms with Crippen LogP contribution in [0.2, 0.25) is 0 Å². The van der Waals surface area contributed by atoms with E-state index in [0.29, 0.717) is 5.41 Å². The van der Waals surface area contributed by atoms with Gasteiger partial charge in [-0.15, -0.1) is 0 Å². The van der Waals surface area contributed by atoms with E-state index in [4.69, 9.17) is 0 Å². The maximum Gasteiger partial charge on any atom is 0.426 e. The number of amides is 1. The fourth-order valence-corrected chi connectivity index (χ4v) is 4.29. The molecule has 1 N–H and O–H groups in total. The summed E-state index contributed by atoms with van der Waals surface area (Å²) in [4.78, 5) is 27.9. The van der Waals surface area contributed by atoms with Crippen LogP contribution in [0.25, 0.3) is 0 Å². The summed E-state index contributed by atoms with van der Waals surface area (Å²) in [5, 5.41) is 2.43. The molecular formula is C18H31N4O3+. The molecular weight excluding hydrogens is 320 g/mol. The third-order valence-electron chi connectivity index (χ3n) is 5.40. The van der Waals surface area contributed by atoms with Gasteiger partial charge >= 0.3 is 5.63 Å².